The topological polar surface area (TPSA) is 176 Å². The predicted molar refractivity (Wildman–Crippen MR) is 297 cm³/mol. The van der Waals surface area contributed by atoms with E-state index < -0.39 is 5.97 Å². The first kappa shape index (κ1) is 60.8. The number of rotatable bonds is 16. The van der Waals surface area contributed by atoms with Crippen LogP contribution in [0.4, 0.5) is 5.69 Å². The van der Waals surface area contributed by atoms with E-state index in [0.29, 0.717) is 37.5 Å². The number of nitrogens with zero attached hydrogens (tertiary/aromatic N) is 1. The molecule has 1 saturated carbocycles. The number of anilines is 1. The maximum Gasteiger partial charge on any atom is 0.303 e. The maximum absolute atomic E-state index is 12.3. The molecule has 0 saturated heterocycles. The summed E-state index contributed by atoms with van der Waals surface area (Å²) in [6.45, 7) is 6.12. The van der Waals surface area contributed by atoms with Crippen molar-refractivity contribution in [3.05, 3.63) is 156 Å². The molecule has 6 aromatic rings. The molecule has 71 heavy (non-hydrogen) atoms. The number of aliphatic carboxylic acids is 1. The van der Waals surface area contributed by atoms with Crippen molar-refractivity contribution in [2.24, 2.45) is 11.7 Å². The van der Waals surface area contributed by atoms with Crippen LogP contribution in [0.3, 0.4) is 0 Å². The molecule has 0 heterocycles. The van der Waals surface area contributed by atoms with Crippen LogP contribution in [0, 0.1) is 19.8 Å². The summed E-state index contributed by atoms with van der Waals surface area (Å²) in [6, 6.07) is 43.4. The Labute approximate surface area is 425 Å². The lowest BCUT2D eigenvalue weighted by molar-refractivity contribution is -0.137. The van der Waals surface area contributed by atoms with Gasteiger partial charge in [-0.15, -0.1) is 0 Å². The molecule has 7 N–H and O–H groups in total. The Bertz CT molecular complexity index is 2370. The molecule has 1 amide bonds. The number of carbonyl (C=O) groups excluding carboxylic acids is 3. The minimum Gasteiger partial charge on any atom is -0.508 e. The summed E-state index contributed by atoms with van der Waals surface area (Å²) in [5, 5.41) is 24.7. The standard InChI is InChI=1S/C20H25NO2.C18H20O3.C7H15N.C7H9N.C7H8O.C2H7N/c1-21(2)20(23)12-6-4-3-5-11-19(22)18-14-13-16-9-7-8-10-17(16)15-18;19-17(9-3-1-2-4-10-18(20)21)16-12-11-14-7-5-6-8-15(14)13-16;3*1-6-4-2-3-5-7(6)8;1-3-2/h7-10,13-15H,3-6,11-12H2,1-2H3;5-8,11-13H,1-4,9-10H2,(H,20,21);6-7H,2-5,8H2,1H3;2-5H,8H2,1H3;2-5,8H,1H3;3H,1-2H3. The van der Waals surface area contributed by atoms with Gasteiger partial charge in [-0.05, 0) is 129 Å². The molecule has 0 aromatic heterocycles. The average molecular weight is 969 g/mol. The van der Waals surface area contributed by atoms with Crippen molar-refractivity contribution in [3.8, 4) is 5.75 Å². The number of para-hydroxylation sites is 2. The van der Waals surface area contributed by atoms with E-state index in [1.165, 1.54) is 25.7 Å². The molecular weight excluding hydrogens is 885 g/mol. The smallest absolute Gasteiger partial charge is 0.303 e. The summed E-state index contributed by atoms with van der Waals surface area (Å²) in [6.07, 6.45) is 14.4. The van der Waals surface area contributed by atoms with E-state index in [2.05, 4.69) is 18.3 Å². The second-order valence-corrected chi connectivity index (χ2v) is 18.5. The van der Waals surface area contributed by atoms with Crippen molar-refractivity contribution >= 4 is 50.7 Å². The first-order valence-corrected chi connectivity index (χ1v) is 25.4. The van der Waals surface area contributed by atoms with E-state index in [0.717, 1.165) is 100 Å². The molecule has 2 unspecified atom stereocenters. The number of hydrogen-bond acceptors (Lipinski definition) is 8. The van der Waals surface area contributed by atoms with Crippen molar-refractivity contribution in [1.29, 1.82) is 0 Å². The van der Waals surface area contributed by atoms with Crippen molar-refractivity contribution in [2.45, 2.75) is 130 Å². The highest BCUT2D eigenvalue weighted by Gasteiger charge is 2.16. The summed E-state index contributed by atoms with van der Waals surface area (Å²) < 4.78 is 0. The Morgan fingerprint density at radius 3 is 1.34 bits per heavy atom. The second-order valence-electron chi connectivity index (χ2n) is 18.5. The molecular formula is C61H84N4O6. The number of nitrogens with one attached hydrogen (secondary N) is 1. The van der Waals surface area contributed by atoms with Gasteiger partial charge in [0.2, 0.25) is 5.91 Å². The fourth-order valence-corrected chi connectivity index (χ4v) is 7.56. The number of unbranched alkanes of at least 4 members (excludes halogenated alkanes) is 6. The Morgan fingerprint density at radius 2 is 0.972 bits per heavy atom. The van der Waals surface area contributed by atoms with Crippen LogP contribution >= 0.6 is 0 Å². The fourth-order valence-electron chi connectivity index (χ4n) is 7.56. The van der Waals surface area contributed by atoms with Crippen molar-refractivity contribution in [2.75, 3.05) is 33.9 Å². The van der Waals surface area contributed by atoms with Gasteiger partial charge >= 0.3 is 5.97 Å². The normalized spacial score (nSPS) is 13.4. The van der Waals surface area contributed by atoms with E-state index in [9.17, 15) is 19.2 Å². The molecule has 2 atom stereocenters. The molecule has 384 valence electrons. The fraction of sp³-hybridized carbons (Fsp3) is 0.410. The van der Waals surface area contributed by atoms with Crippen LogP contribution in [-0.2, 0) is 9.59 Å². The molecule has 10 nitrogen and oxygen atoms in total. The first-order valence-electron chi connectivity index (χ1n) is 25.4. The number of carboxylic acid groups (broad SMARTS) is 1. The number of hydrogen-bond donors (Lipinski definition) is 5. The van der Waals surface area contributed by atoms with Crippen LogP contribution in [0.15, 0.2) is 133 Å². The number of phenolic OH excluding ortho intramolecular Hbond substituents is 1. The van der Waals surface area contributed by atoms with Gasteiger partial charge in [0.25, 0.3) is 0 Å². The number of aromatic hydroxyl groups is 1. The van der Waals surface area contributed by atoms with Gasteiger partial charge in [-0.1, -0.05) is 155 Å². The molecule has 1 aliphatic rings. The Morgan fingerprint density at radius 1 is 0.563 bits per heavy atom. The van der Waals surface area contributed by atoms with Crippen LogP contribution in [0.2, 0.25) is 0 Å². The summed E-state index contributed by atoms with van der Waals surface area (Å²) in [5.41, 5.74) is 15.8. The zero-order valence-electron chi connectivity index (χ0n) is 43.8. The minimum absolute atomic E-state index is 0.166. The van der Waals surface area contributed by atoms with Crippen LogP contribution < -0.4 is 16.8 Å². The molecule has 10 heteroatoms. The molecule has 0 radical (unpaired) electrons. The number of Topliss-reactive ketones (excluding diaryl/α,β-unsaturated/α-hetero) is 2. The van der Waals surface area contributed by atoms with Gasteiger partial charge in [-0.25, -0.2) is 0 Å². The number of nitrogen functional groups attached to an aromatic ring is 1. The van der Waals surface area contributed by atoms with E-state index in [4.69, 9.17) is 21.7 Å². The molecule has 6 aromatic carbocycles. The number of benzene rings is 6. The van der Waals surface area contributed by atoms with Crippen LogP contribution in [0.1, 0.15) is 141 Å². The van der Waals surface area contributed by atoms with E-state index in [1.54, 1.807) is 25.1 Å². The van der Waals surface area contributed by atoms with Gasteiger partial charge in [0.05, 0.1) is 0 Å². The van der Waals surface area contributed by atoms with Crippen LogP contribution in [-0.4, -0.2) is 72.8 Å². The van der Waals surface area contributed by atoms with Crippen LogP contribution in [0.5, 0.6) is 5.75 Å². The Hall–Kier alpha value is -6.36. The quantitative estimate of drug-likeness (QED) is 0.0359. The summed E-state index contributed by atoms with van der Waals surface area (Å²) in [7, 11) is 7.31. The van der Waals surface area contributed by atoms with Gasteiger partial charge in [-0.3, -0.25) is 19.2 Å². The Kier molecular flexibility index (Phi) is 30.5. The molecule has 0 aliphatic heterocycles. The maximum atomic E-state index is 12.3. The third-order valence-electron chi connectivity index (χ3n) is 12.2. The lowest BCUT2D eigenvalue weighted by Gasteiger charge is -2.24. The Balaban J connectivity index is 0.000000324. The van der Waals surface area contributed by atoms with Gasteiger partial charge < -0.3 is 31.9 Å². The van der Waals surface area contributed by atoms with Crippen LogP contribution in [0.25, 0.3) is 21.5 Å². The second kappa shape index (κ2) is 35.7. The minimum atomic E-state index is -0.748. The van der Waals surface area contributed by atoms with Crippen molar-refractivity contribution in [3.63, 3.8) is 0 Å². The first-order chi connectivity index (χ1) is 34.1. The number of phenols is 1. The van der Waals surface area contributed by atoms with Gasteiger partial charge in [0.1, 0.15) is 5.75 Å². The third kappa shape index (κ3) is 25.9. The van der Waals surface area contributed by atoms with Gasteiger partial charge in [0, 0.05) is 62.6 Å². The molecule has 0 bridgehead atoms. The third-order valence-corrected chi connectivity index (χ3v) is 12.2. The highest BCUT2D eigenvalue weighted by atomic mass is 16.4. The number of aryl methyl sites for hydroxylation is 2. The lowest BCUT2D eigenvalue weighted by Crippen LogP contribution is -2.30. The highest BCUT2D eigenvalue weighted by molar-refractivity contribution is 6.00. The molecule has 1 aliphatic carbocycles. The predicted octanol–water partition coefficient (Wildman–Crippen LogP) is 13.5. The monoisotopic (exact) mass is 969 g/mol. The van der Waals surface area contributed by atoms with Gasteiger partial charge in [0.15, 0.2) is 11.6 Å². The van der Waals surface area contributed by atoms with E-state index in [1.807, 2.05) is 149 Å². The van der Waals surface area contributed by atoms with Crippen molar-refractivity contribution < 1.29 is 29.4 Å². The average Bonchev–Trinajstić information content (AvgIpc) is 3.36. The largest absolute Gasteiger partial charge is 0.508 e. The zero-order valence-corrected chi connectivity index (χ0v) is 43.8. The number of amides is 1. The lowest BCUT2D eigenvalue weighted by atomic mass is 9.87. The molecule has 7 rings (SSSR count). The number of carboxylic acids is 1. The summed E-state index contributed by atoms with van der Waals surface area (Å²) in [4.78, 5) is 47.8. The van der Waals surface area contributed by atoms with E-state index in [-0.39, 0.29) is 23.9 Å². The van der Waals surface area contributed by atoms with E-state index >= 15 is 0 Å². The number of carbonyl (C=O) groups is 4. The number of nitrogens with two attached hydrogens (primary N) is 2. The summed E-state index contributed by atoms with van der Waals surface area (Å²) >= 11 is 0. The summed E-state index contributed by atoms with van der Waals surface area (Å²) in [5.74, 6) is 0.954. The SMILES string of the molecule is CC1CCCCC1N.CN(C)C(=O)CCCCCCC(=O)c1ccc2ccccc2c1.CNC.Cc1ccccc1N.Cc1ccccc1O.O=C(O)CCCCCCC(=O)c1ccc2ccccc2c1. The zero-order chi connectivity index (χ0) is 52.4. The highest BCUT2D eigenvalue weighted by Crippen LogP contribution is 2.22. The molecule has 0 spiro atoms. The number of ketones is 2. The molecule has 1 fully saturated rings. The van der Waals surface area contributed by atoms with Gasteiger partial charge in [-0.2, -0.15) is 0 Å². The number of fused-ring (bicyclic) bond motifs is 2. The van der Waals surface area contributed by atoms with Crippen molar-refractivity contribution in [1.82, 2.24) is 10.2 Å².